The van der Waals surface area contributed by atoms with Gasteiger partial charge in [0.1, 0.15) is 6.04 Å². The lowest BCUT2D eigenvalue weighted by molar-refractivity contribution is -0.116. The Morgan fingerprint density at radius 1 is 1.00 bits per heavy atom. The fraction of sp³-hybridized carbons (Fsp3) is 0.381. The molecule has 0 saturated carbocycles. The summed E-state index contributed by atoms with van der Waals surface area (Å²) in [4.78, 5) is 13.0. The van der Waals surface area contributed by atoms with Crippen molar-refractivity contribution in [2.24, 2.45) is 0 Å². The molecule has 0 heterocycles. The average molecular weight is 421 g/mol. The maximum atomic E-state index is 13.0. The molecule has 0 fully saturated rings. The second-order valence-corrected chi connectivity index (χ2v) is 8.86. The van der Waals surface area contributed by atoms with E-state index >= 15 is 0 Å². The molecule has 29 heavy (non-hydrogen) atoms. The molecule has 0 aliphatic carbocycles. The van der Waals surface area contributed by atoms with Crippen LogP contribution in [0.4, 0.5) is 11.4 Å². The van der Waals surface area contributed by atoms with Gasteiger partial charge in [0.25, 0.3) is 0 Å². The number of benzene rings is 2. The van der Waals surface area contributed by atoms with Gasteiger partial charge in [-0.05, 0) is 36.6 Å². The fourth-order valence-corrected chi connectivity index (χ4v) is 4.29. The number of anilines is 2. The first-order valence-corrected chi connectivity index (χ1v) is 11.1. The number of hydrogen-bond acceptors (Lipinski definition) is 5. The molecule has 1 atom stereocenters. The van der Waals surface area contributed by atoms with Gasteiger partial charge in [-0.15, -0.1) is 0 Å². The van der Waals surface area contributed by atoms with E-state index in [-0.39, 0.29) is 5.92 Å². The van der Waals surface area contributed by atoms with Gasteiger partial charge >= 0.3 is 0 Å². The third-order valence-corrected chi connectivity index (χ3v) is 5.79. The molecule has 2 aromatic rings. The number of amides is 1. The molecule has 0 bridgehead atoms. The number of nitrogens with zero attached hydrogens (tertiary/aromatic N) is 1. The van der Waals surface area contributed by atoms with Crippen LogP contribution >= 0.6 is 0 Å². The fourth-order valence-electron chi connectivity index (χ4n) is 3.12. The smallest absolute Gasteiger partial charge is 0.248 e. The summed E-state index contributed by atoms with van der Waals surface area (Å²) in [5.41, 5.74) is 1.95. The van der Waals surface area contributed by atoms with Gasteiger partial charge in [-0.1, -0.05) is 32.0 Å². The van der Waals surface area contributed by atoms with E-state index in [1.807, 2.05) is 32.0 Å². The highest BCUT2D eigenvalue weighted by Crippen LogP contribution is 2.33. The standard InChI is InChI=1S/C21H28N2O5S/c1-14(2)17-9-7-8-10-18(17)22-21(24)15(3)23(29(6,25)26)16-11-12-19(27-4)20(13-16)28-5/h7-15H,1-6H3,(H,22,24)/t15-/m0/s1. The van der Waals surface area contributed by atoms with Crippen molar-refractivity contribution in [2.45, 2.75) is 32.7 Å². The van der Waals surface area contributed by atoms with Gasteiger partial charge in [0, 0.05) is 11.8 Å². The quantitative estimate of drug-likeness (QED) is 0.705. The number of ether oxygens (including phenoxy) is 2. The zero-order chi connectivity index (χ0) is 21.8. The summed E-state index contributed by atoms with van der Waals surface area (Å²) in [5, 5.41) is 2.86. The predicted octanol–water partition coefficient (Wildman–Crippen LogP) is 3.62. The molecule has 2 aromatic carbocycles. The van der Waals surface area contributed by atoms with E-state index in [9.17, 15) is 13.2 Å². The zero-order valence-corrected chi connectivity index (χ0v) is 18.4. The molecular weight excluding hydrogens is 392 g/mol. The number of rotatable bonds is 8. The van der Waals surface area contributed by atoms with Crippen LogP contribution in [0.5, 0.6) is 11.5 Å². The van der Waals surface area contributed by atoms with Crippen LogP contribution in [0, 0.1) is 0 Å². The summed E-state index contributed by atoms with van der Waals surface area (Å²) in [6, 6.07) is 11.2. The van der Waals surface area contributed by atoms with E-state index < -0.39 is 22.0 Å². The largest absolute Gasteiger partial charge is 0.493 e. The van der Waals surface area contributed by atoms with Crippen LogP contribution in [0.25, 0.3) is 0 Å². The van der Waals surface area contributed by atoms with Crippen molar-refractivity contribution in [1.82, 2.24) is 0 Å². The minimum atomic E-state index is -3.75. The number of nitrogens with one attached hydrogen (secondary N) is 1. The number of methoxy groups -OCH3 is 2. The molecule has 0 radical (unpaired) electrons. The molecular formula is C21H28N2O5S. The summed E-state index contributed by atoms with van der Waals surface area (Å²) in [5.74, 6) is 0.612. The Kier molecular flexibility index (Phi) is 7.13. The van der Waals surface area contributed by atoms with E-state index in [2.05, 4.69) is 5.32 Å². The van der Waals surface area contributed by atoms with Crippen molar-refractivity contribution < 1.29 is 22.7 Å². The monoisotopic (exact) mass is 420 g/mol. The maximum absolute atomic E-state index is 13.0. The summed E-state index contributed by atoms with van der Waals surface area (Å²) in [6.07, 6.45) is 1.07. The summed E-state index contributed by atoms with van der Waals surface area (Å²) in [6.45, 7) is 5.60. The van der Waals surface area contributed by atoms with Gasteiger partial charge in [-0.3, -0.25) is 9.10 Å². The molecule has 1 N–H and O–H groups in total. The molecule has 0 spiro atoms. The Labute approximate surface area is 172 Å². The molecule has 1 amide bonds. The van der Waals surface area contributed by atoms with E-state index in [1.165, 1.54) is 20.3 Å². The van der Waals surface area contributed by atoms with Crippen LogP contribution in [0.1, 0.15) is 32.3 Å². The van der Waals surface area contributed by atoms with Gasteiger partial charge in [-0.2, -0.15) is 0 Å². The number of carbonyl (C=O) groups is 1. The highest BCUT2D eigenvalue weighted by Gasteiger charge is 2.30. The molecule has 0 aliphatic rings. The van der Waals surface area contributed by atoms with Crippen LogP contribution in [0.3, 0.4) is 0 Å². The van der Waals surface area contributed by atoms with Crippen LogP contribution in [0.2, 0.25) is 0 Å². The Hall–Kier alpha value is -2.74. The van der Waals surface area contributed by atoms with E-state index in [4.69, 9.17) is 9.47 Å². The van der Waals surface area contributed by atoms with Gasteiger partial charge in [0.05, 0.1) is 26.2 Å². The molecule has 2 rings (SSSR count). The predicted molar refractivity (Wildman–Crippen MR) is 115 cm³/mol. The SMILES string of the molecule is COc1ccc(N([C@@H](C)C(=O)Nc2ccccc2C(C)C)S(C)(=O)=O)cc1OC. The normalized spacial score (nSPS) is 12.4. The first kappa shape index (κ1) is 22.5. The van der Waals surface area contributed by atoms with Gasteiger partial charge in [0.2, 0.25) is 15.9 Å². The van der Waals surface area contributed by atoms with Crippen molar-refractivity contribution >= 4 is 27.3 Å². The Balaban J connectivity index is 2.40. The first-order valence-electron chi connectivity index (χ1n) is 9.21. The van der Waals surface area contributed by atoms with Crippen molar-refractivity contribution in [3.63, 3.8) is 0 Å². The van der Waals surface area contributed by atoms with Crippen molar-refractivity contribution in [1.29, 1.82) is 0 Å². The average Bonchev–Trinajstić information content (AvgIpc) is 2.67. The lowest BCUT2D eigenvalue weighted by atomic mass is 10.0. The summed E-state index contributed by atoms with van der Waals surface area (Å²) in [7, 11) is -0.792. The van der Waals surface area contributed by atoms with Crippen LogP contribution in [-0.2, 0) is 14.8 Å². The number of hydrogen-bond donors (Lipinski definition) is 1. The Morgan fingerprint density at radius 2 is 1.62 bits per heavy atom. The minimum Gasteiger partial charge on any atom is -0.493 e. The minimum absolute atomic E-state index is 0.207. The van der Waals surface area contributed by atoms with Gasteiger partial charge in [0.15, 0.2) is 11.5 Å². The molecule has 8 heteroatoms. The second kappa shape index (κ2) is 9.17. The number of carbonyl (C=O) groups excluding carboxylic acids is 1. The maximum Gasteiger partial charge on any atom is 0.248 e. The van der Waals surface area contributed by atoms with E-state index in [0.717, 1.165) is 16.1 Å². The van der Waals surface area contributed by atoms with Crippen molar-refractivity contribution in [2.75, 3.05) is 30.1 Å². The van der Waals surface area contributed by atoms with Crippen molar-refractivity contribution in [3.8, 4) is 11.5 Å². The highest BCUT2D eigenvalue weighted by atomic mass is 32.2. The number of sulfonamides is 1. The highest BCUT2D eigenvalue weighted by molar-refractivity contribution is 7.92. The van der Waals surface area contributed by atoms with Gasteiger partial charge < -0.3 is 14.8 Å². The van der Waals surface area contributed by atoms with Crippen LogP contribution in [-0.4, -0.2) is 40.8 Å². The molecule has 7 nitrogen and oxygen atoms in total. The van der Waals surface area contributed by atoms with Gasteiger partial charge in [-0.25, -0.2) is 8.42 Å². The van der Waals surface area contributed by atoms with Crippen molar-refractivity contribution in [3.05, 3.63) is 48.0 Å². The Morgan fingerprint density at radius 3 is 2.17 bits per heavy atom. The molecule has 0 aliphatic heterocycles. The number of para-hydroxylation sites is 1. The molecule has 0 saturated heterocycles. The molecule has 158 valence electrons. The topological polar surface area (TPSA) is 84.9 Å². The summed E-state index contributed by atoms with van der Waals surface area (Å²) < 4.78 is 36.6. The third kappa shape index (κ3) is 5.20. The first-order chi connectivity index (χ1) is 13.6. The van der Waals surface area contributed by atoms with Crippen LogP contribution in [0.15, 0.2) is 42.5 Å². The van der Waals surface area contributed by atoms with E-state index in [0.29, 0.717) is 22.9 Å². The van der Waals surface area contributed by atoms with Crippen LogP contribution < -0.4 is 19.1 Å². The lowest BCUT2D eigenvalue weighted by Crippen LogP contribution is -2.45. The molecule has 0 unspecified atom stereocenters. The lowest BCUT2D eigenvalue weighted by Gasteiger charge is -2.29. The Bertz CT molecular complexity index is 973. The molecule has 0 aromatic heterocycles. The zero-order valence-electron chi connectivity index (χ0n) is 17.6. The summed E-state index contributed by atoms with van der Waals surface area (Å²) >= 11 is 0. The van der Waals surface area contributed by atoms with E-state index in [1.54, 1.807) is 25.1 Å². The second-order valence-electron chi connectivity index (χ2n) is 7.01. The third-order valence-electron chi connectivity index (χ3n) is 4.55.